The summed E-state index contributed by atoms with van der Waals surface area (Å²) in [5.41, 5.74) is 1.87. The average molecular weight is 350 g/mol. The summed E-state index contributed by atoms with van der Waals surface area (Å²) in [7, 11) is 1.65. The number of para-hydroxylation sites is 2. The molecule has 0 aliphatic rings. The second kappa shape index (κ2) is 9.29. The second-order valence-corrected chi connectivity index (χ2v) is 6.06. The number of methoxy groups -OCH3 is 1. The average Bonchev–Trinajstić information content (AvgIpc) is 2.94. The van der Waals surface area contributed by atoms with Gasteiger partial charge >= 0.3 is 6.03 Å². The first-order valence-electron chi connectivity index (χ1n) is 7.80. The lowest BCUT2D eigenvalue weighted by molar-refractivity contribution is -0.117. The molecule has 1 aromatic heterocycles. The van der Waals surface area contributed by atoms with Crippen LogP contribution in [0.15, 0.2) is 29.4 Å². The minimum absolute atomic E-state index is 0.121. The number of carbonyl (C=O) groups is 2. The number of hydrogen-bond acceptors (Lipinski definition) is 5. The van der Waals surface area contributed by atoms with E-state index in [1.165, 1.54) is 11.8 Å². The van der Waals surface area contributed by atoms with Crippen molar-refractivity contribution >= 4 is 34.7 Å². The van der Waals surface area contributed by atoms with E-state index in [-0.39, 0.29) is 11.7 Å². The highest BCUT2D eigenvalue weighted by Gasteiger charge is 2.13. The standard InChI is InChI=1S/C16H22N4O3S/c1-3-8-17-15(22)19-14(21)11-24-16-18-12-6-4-5-7-13(12)20(16)9-10-23-2/h4-7H,3,8-11H2,1-2H3,(H2,17,19,21,22). The van der Waals surface area contributed by atoms with Gasteiger partial charge in [-0.05, 0) is 18.6 Å². The number of imide groups is 1. The summed E-state index contributed by atoms with van der Waals surface area (Å²) < 4.78 is 7.17. The van der Waals surface area contributed by atoms with Crippen LogP contribution < -0.4 is 10.6 Å². The van der Waals surface area contributed by atoms with Crippen LogP contribution in [0, 0.1) is 0 Å². The molecule has 2 N–H and O–H groups in total. The molecule has 0 aliphatic carbocycles. The molecule has 2 rings (SSSR count). The molecule has 0 saturated carbocycles. The first-order valence-corrected chi connectivity index (χ1v) is 8.79. The number of thioether (sulfide) groups is 1. The molecule has 0 unspecified atom stereocenters. The molecule has 0 bridgehead atoms. The van der Waals surface area contributed by atoms with Gasteiger partial charge in [0.05, 0.1) is 23.4 Å². The lowest BCUT2D eigenvalue weighted by Gasteiger charge is -2.08. The highest BCUT2D eigenvalue weighted by Crippen LogP contribution is 2.23. The predicted octanol–water partition coefficient (Wildman–Crippen LogP) is 2.01. The van der Waals surface area contributed by atoms with Crippen LogP contribution in [0.4, 0.5) is 4.79 Å². The van der Waals surface area contributed by atoms with Crippen LogP contribution in [0.3, 0.4) is 0 Å². The molecule has 24 heavy (non-hydrogen) atoms. The number of rotatable bonds is 8. The minimum atomic E-state index is -0.463. The van der Waals surface area contributed by atoms with Gasteiger partial charge in [0.2, 0.25) is 5.91 Å². The van der Waals surface area contributed by atoms with Crippen molar-refractivity contribution in [2.45, 2.75) is 25.0 Å². The molecule has 0 spiro atoms. The predicted molar refractivity (Wildman–Crippen MR) is 94.2 cm³/mol. The normalized spacial score (nSPS) is 10.8. The smallest absolute Gasteiger partial charge is 0.321 e. The van der Waals surface area contributed by atoms with Gasteiger partial charge in [-0.2, -0.15) is 0 Å². The van der Waals surface area contributed by atoms with Gasteiger partial charge in [-0.15, -0.1) is 0 Å². The van der Waals surface area contributed by atoms with Gasteiger partial charge in [0, 0.05) is 20.2 Å². The molecule has 0 atom stereocenters. The Morgan fingerprint density at radius 3 is 2.88 bits per heavy atom. The number of carbonyl (C=O) groups excluding carboxylic acids is 2. The molecule has 1 heterocycles. The Bertz CT molecular complexity index is 702. The SMILES string of the molecule is CCCNC(=O)NC(=O)CSc1nc2ccccc2n1CCOC. The molecular weight excluding hydrogens is 328 g/mol. The van der Waals surface area contributed by atoms with Crippen LogP contribution in [-0.4, -0.2) is 47.5 Å². The van der Waals surface area contributed by atoms with E-state index in [1.807, 2.05) is 35.8 Å². The number of imidazole rings is 1. The Morgan fingerprint density at radius 2 is 2.12 bits per heavy atom. The minimum Gasteiger partial charge on any atom is -0.383 e. The largest absolute Gasteiger partial charge is 0.383 e. The van der Waals surface area contributed by atoms with Gasteiger partial charge in [0.1, 0.15) is 0 Å². The van der Waals surface area contributed by atoms with E-state index in [2.05, 4.69) is 15.6 Å². The first-order chi connectivity index (χ1) is 11.7. The number of benzene rings is 1. The topological polar surface area (TPSA) is 85.3 Å². The van der Waals surface area contributed by atoms with Gasteiger partial charge in [0.15, 0.2) is 5.16 Å². The summed E-state index contributed by atoms with van der Waals surface area (Å²) in [6, 6.07) is 7.33. The number of nitrogens with one attached hydrogen (secondary N) is 2. The third-order valence-corrected chi connectivity index (χ3v) is 4.24. The van der Waals surface area contributed by atoms with E-state index in [4.69, 9.17) is 4.74 Å². The molecule has 0 fully saturated rings. The van der Waals surface area contributed by atoms with Gasteiger partial charge < -0.3 is 14.6 Å². The number of urea groups is 1. The highest BCUT2D eigenvalue weighted by atomic mass is 32.2. The van der Waals surface area contributed by atoms with Gasteiger partial charge in [0.25, 0.3) is 0 Å². The van der Waals surface area contributed by atoms with Crippen molar-refractivity contribution in [3.05, 3.63) is 24.3 Å². The van der Waals surface area contributed by atoms with E-state index in [1.54, 1.807) is 7.11 Å². The highest BCUT2D eigenvalue weighted by molar-refractivity contribution is 7.99. The van der Waals surface area contributed by atoms with Crippen LogP contribution in [-0.2, 0) is 16.1 Å². The molecule has 0 aliphatic heterocycles. The molecular formula is C16H22N4O3S. The fraction of sp³-hybridized carbons (Fsp3) is 0.438. The quantitative estimate of drug-likeness (QED) is 0.712. The van der Waals surface area contributed by atoms with Crippen molar-refractivity contribution in [1.82, 2.24) is 20.2 Å². The lowest BCUT2D eigenvalue weighted by atomic mass is 10.3. The van der Waals surface area contributed by atoms with E-state index in [0.717, 1.165) is 22.6 Å². The fourth-order valence-electron chi connectivity index (χ4n) is 2.14. The Labute approximate surface area is 145 Å². The number of ether oxygens (including phenoxy) is 1. The van der Waals surface area contributed by atoms with Crippen LogP contribution >= 0.6 is 11.8 Å². The maximum Gasteiger partial charge on any atom is 0.321 e. The number of aromatic nitrogens is 2. The molecule has 8 heteroatoms. The Balaban J connectivity index is 2.01. The third-order valence-electron chi connectivity index (χ3n) is 3.26. The lowest BCUT2D eigenvalue weighted by Crippen LogP contribution is -2.40. The zero-order chi connectivity index (χ0) is 17.4. The molecule has 0 radical (unpaired) electrons. The fourth-order valence-corrected chi connectivity index (χ4v) is 2.98. The summed E-state index contributed by atoms with van der Waals surface area (Å²) in [4.78, 5) is 27.9. The van der Waals surface area contributed by atoms with Crippen molar-refractivity contribution in [2.75, 3.05) is 26.0 Å². The number of nitrogens with zero attached hydrogens (tertiary/aromatic N) is 2. The van der Waals surface area contributed by atoms with E-state index >= 15 is 0 Å². The van der Waals surface area contributed by atoms with E-state index in [0.29, 0.717) is 19.7 Å². The Kier molecular flexibility index (Phi) is 7.07. The number of amides is 3. The summed E-state index contributed by atoms with van der Waals surface area (Å²) in [5, 5.41) is 5.65. The van der Waals surface area contributed by atoms with Gasteiger partial charge in [-0.25, -0.2) is 9.78 Å². The maximum absolute atomic E-state index is 11.9. The summed E-state index contributed by atoms with van der Waals surface area (Å²) in [6.07, 6.45) is 0.819. The van der Waals surface area contributed by atoms with Gasteiger partial charge in [-0.3, -0.25) is 10.1 Å². The van der Waals surface area contributed by atoms with Gasteiger partial charge in [-0.1, -0.05) is 30.8 Å². The summed E-state index contributed by atoms with van der Waals surface area (Å²) in [6.45, 7) is 3.69. The second-order valence-electron chi connectivity index (χ2n) is 5.12. The number of hydrogen-bond donors (Lipinski definition) is 2. The van der Waals surface area contributed by atoms with E-state index < -0.39 is 6.03 Å². The Hall–Kier alpha value is -2.06. The summed E-state index contributed by atoms with van der Waals surface area (Å²) in [5.74, 6) is -0.227. The van der Waals surface area contributed by atoms with E-state index in [9.17, 15) is 9.59 Å². The van der Waals surface area contributed by atoms with Crippen LogP contribution in [0.1, 0.15) is 13.3 Å². The van der Waals surface area contributed by atoms with Crippen molar-refractivity contribution in [2.24, 2.45) is 0 Å². The zero-order valence-electron chi connectivity index (χ0n) is 13.9. The van der Waals surface area contributed by atoms with Crippen molar-refractivity contribution in [3.63, 3.8) is 0 Å². The first kappa shape index (κ1) is 18.3. The third kappa shape index (κ3) is 4.97. The molecule has 2 aromatic rings. The Morgan fingerprint density at radius 1 is 1.33 bits per heavy atom. The summed E-state index contributed by atoms with van der Waals surface area (Å²) >= 11 is 1.30. The number of fused-ring (bicyclic) bond motifs is 1. The van der Waals surface area contributed by atoms with Crippen molar-refractivity contribution in [1.29, 1.82) is 0 Å². The van der Waals surface area contributed by atoms with Crippen molar-refractivity contribution < 1.29 is 14.3 Å². The molecule has 7 nitrogen and oxygen atoms in total. The zero-order valence-corrected chi connectivity index (χ0v) is 14.7. The molecule has 130 valence electrons. The van der Waals surface area contributed by atoms with Crippen LogP contribution in [0.25, 0.3) is 11.0 Å². The molecule has 1 aromatic carbocycles. The van der Waals surface area contributed by atoms with Crippen molar-refractivity contribution in [3.8, 4) is 0 Å². The molecule has 0 saturated heterocycles. The monoisotopic (exact) mass is 350 g/mol. The molecule has 3 amide bonds. The van der Waals surface area contributed by atoms with Crippen LogP contribution in [0.5, 0.6) is 0 Å². The van der Waals surface area contributed by atoms with Crippen LogP contribution in [0.2, 0.25) is 0 Å². The maximum atomic E-state index is 11.9.